The Morgan fingerprint density at radius 3 is 2.41 bits per heavy atom. The Labute approximate surface area is 228 Å². The number of fused-ring (bicyclic) bond motifs is 1. The van der Waals surface area contributed by atoms with Crippen molar-refractivity contribution in [2.24, 2.45) is 0 Å². The third-order valence-electron chi connectivity index (χ3n) is 6.48. The molecule has 0 atom stereocenters. The Bertz CT molecular complexity index is 1290. The van der Waals surface area contributed by atoms with Crippen LogP contribution in [0.15, 0.2) is 30.7 Å². The highest BCUT2D eigenvalue weighted by atomic mass is 16.6. The number of H-pyrrole nitrogens is 1. The van der Waals surface area contributed by atoms with E-state index in [-0.39, 0.29) is 18.0 Å². The lowest BCUT2D eigenvalue weighted by atomic mass is 9.91. The van der Waals surface area contributed by atoms with Crippen LogP contribution in [0, 0.1) is 0 Å². The van der Waals surface area contributed by atoms with E-state index in [1.54, 1.807) is 26.5 Å². The van der Waals surface area contributed by atoms with Crippen LogP contribution in [0.2, 0.25) is 0 Å². The van der Waals surface area contributed by atoms with Crippen LogP contribution < -0.4 is 20.1 Å². The molecule has 3 aromatic rings. The van der Waals surface area contributed by atoms with Gasteiger partial charge in [0.15, 0.2) is 0 Å². The fraction of sp³-hybridized carbons (Fsp3) is 0.500. The van der Waals surface area contributed by atoms with Gasteiger partial charge >= 0.3 is 6.09 Å². The van der Waals surface area contributed by atoms with Gasteiger partial charge in [-0.25, -0.2) is 14.8 Å². The summed E-state index contributed by atoms with van der Waals surface area (Å²) in [6.45, 7) is 6.30. The maximum Gasteiger partial charge on any atom is 0.407 e. The number of carbonyl (C=O) groups is 2. The molecule has 2 aromatic heterocycles. The number of hydrogen-bond donors (Lipinski definition) is 3. The van der Waals surface area contributed by atoms with Crippen molar-refractivity contribution >= 4 is 23.0 Å². The van der Waals surface area contributed by atoms with Crippen LogP contribution in [0.4, 0.5) is 4.79 Å². The zero-order valence-electron chi connectivity index (χ0n) is 23.1. The van der Waals surface area contributed by atoms with E-state index < -0.39 is 11.7 Å². The van der Waals surface area contributed by atoms with Gasteiger partial charge in [0.05, 0.1) is 24.8 Å². The lowest BCUT2D eigenvalue weighted by Gasteiger charge is -2.30. The van der Waals surface area contributed by atoms with Crippen molar-refractivity contribution in [2.75, 3.05) is 27.4 Å². The number of amides is 2. The number of hydrogen-bond acceptors (Lipinski definition) is 8. The van der Waals surface area contributed by atoms with E-state index >= 15 is 0 Å². The monoisotopic (exact) mass is 539 g/mol. The Kier molecular flexibility index (Phi) is 8.90. The summed E-state index contributed by atoms with van der Waals surface area (Å²) < 4.78 is 21.8. The van der Waals surface area contributed by atoms with Gasteiger partial charge in [-0.15, -0.1) is 0 Å². The van der Waals surface area contributed by atoms with Gasteiger partial charge in [0.1, 0.15) is 41.2 Å². The van der Waals surface area contributed by atoms with Crippen LogP contribution in [0.1, 0.15) is 56.8 Å². The van der Waals surface area contributed by atoms with Crippen LogP contribution in [-0.4, -0.2) is 72.1 Å². The van der Waals surface area contributed by atoms with Gasteiger partial charge in [0.25, 0.3) is 5.91 Å². The lowest BCUT2D eigenvalue weighted by molar-refractivity contribution is 0.0488. The summed E-state index contributed by atoms with van der Waals surface area (Å²) in [4.78, 5) is 37.4. The summed E-state index contributed by atoms with van der Waals surface area (Å²) in [7, 11) is 3.21. The first-order chi connectivity index (χ1) is 18.7. The number of nitrogens with one attached hydrogen (secondary N) is 3. The molecular formula is C28H37N5O6. The maximum atomic E-state index is 13.2. The number of benzene rings is 1. The van der Waals surface area contributed by atoms with Gasteiger partial charge in [-0.1, -0.05) is 0 Å². The Balaban J connectivity index is 1.45. The summed E-state index contributed by atoms with van der Waals surface area (Å²) in [5.74, 6) is 1.03. The first-order valence-corrected chi connectivity index (χ1v) is 13.1. The summed E-state index contributed by atoms with van der Waals surface area (Å²) in [6.07, 6.45) is 5.71. The SMILES string of the molecule is COCCOc1cc(OC)ccc1-c1ncnc2c(C(=O)N[C@H]3CC[C@@H](NC(=O)OC(C)(C)C)CC3)c[nH]c12. The number of alkyl carbamates (subject to hydrolysis) is 1. The van der Waals surface area contributed by atoms with Crippen molar-refractivity contribution in [3.63, 3.8) is 0 Å². The minimum atomic E-state index is -0.538. The molecular weight excluding hydrogens is 502 g/mol. The van der Waals surface area contributed by atoms with Gasteiger partial charge in [-0.2, -0.15) is 0 Å². The molecule has 210 valence electrons. The van der Waals surface area contributed by atoms with Crippen molar-refractivity contribution in [2.45, 2.75) is 64.1 Å². The number of ether oxygens (including phenoxy) is 4. The number of carbonyl (C=O) groups excluding carboxylic acids is 2. The molecule has 3 N–H and O–H groups in total. The number of methoxy groups -OCH3 is 2. The second-order valence-corrected chi connectivity index (χ2v) is 10.5. The first kappa shape index (κ1) is 28.2. The summed E-state index contributed by atoms with van der Waals surface area (Å²) in [5, 5.41) is 6.06. The highest BCUT2D eigenvalue weighted by molar-refractivity contribution is 6.08. The largest absolute Gasteiger partial charge is 0.497 e. The van der Waals surface area contributed by atoms with E-state index in [2.05, 4.69) is 25.6 Å². The molecule has 11 heteroatoms. The van der Waals surface area contributed by atoms with Gasteiger partial charge in [0.2, 0.25) is 0 Å². The normalized spacial score (nSPS) is 17.5. The fourth-order valence-corrected chi connectivity index (χ4v) is 4.62. The van der Waals surface area contributed by atoms with Crippen LogP contribution in [0.25, 0.3) is 22.3 Å². The van der Waals surface area contributed by atoms with E-state index in [4.69, 9.17) is 18.9 Å². The topological polar surface area (TPSA) is 137 Å². The summed E-state index contributed by atoms with van der Waals surface area (Å²) >= 11 is 0. The fourth-order valence-electron chi connectivity index (χ4n) is 4.62. The molecule has 4 rings (SSSR count). The highest BCUT2D eigenvalue weighted by Crippen LogP contribution is 2.36. The first-order valence-electron chi connectivity index (χ1n) is 13.1. The van der Waals surface area contributed by atoms with Crippen LogP contribution >= 0.6 is 0 Å². The number of aromatic nitrogens is 3. The molecule has 1 aliphatic carbocycles. The molecule has 0 radical (unpaired) electrons. The molecule has 2 amide bonds. The van der Waals surface area contributed by atoms with Gasteiger partial charge in [-0.05, 0) is 58.6 Å². The average molecular weight is 540 g/mol. The van der Waals surface area contributed by atoms with Crippen molar-refractivity contribution in [1.82, 2.24) is 25.6 Å². The van der Waals surface area contributed by atoms with Gasteiger partial charge in [0, 0.05) is 37.0 Å². The molecule has 0 aliphatic heterocycles. The molecule has 1 aromatic carbocycles. The maximum absolute atomic E-state index is 13.2. The van der Waals surface area contributed by atoms with E-state index in [0.29, 0.717) is 47.0 Å². The van der Waals surface area contributed by atoms with Gasteiger partial charge in [-0.3, -0.25) is 4.79 Å². The van der Waals surface area contributed by atoms with Crippen LogP contribution in [0.3, 0.4) is 0 Å². The number of rotatable bonds is 9. The third-order valence-corrected chi connectivity index (χ3v) is 6.48. The molecule has 0 bridgehead atoms. The smallest absolute Gasteiger partial charge is 0.407 e. The van der Waals surface area contributed by atoms with Crippen molar-refractivity contribution in [3.8, 4) is 22.8 Å². The van der Waals surface area contributed by atoms with E-state index in [1.165, 1.54) is 6.33 Å². The zero-order chi connectivity index (χ0) is 28.0. The van der Waals surface area contributed by atoms with Crippen molar-refractivity contribution < 1.29 is 28.5 Å². The predicted octanol–water partition coefficient (Wildman–Crippen LogP) is 4.22. The van der Waals surface area contributed by atoms with E-state index in [9.17, 15) is 9.59 Å². The molecule has 0 unspecified atom stereocenters. The Morgan fingerprint density at radius 2 is 1.74 bits per heavy atom. The summed E-state index contributed by atoms with van der Waals surface area (Å²) in [5.41, 5.74) is 2.42. The minimum Gasteiger partial charge on any atom is -0.497 e. The average Bonchev–Trinajstić information content (AvgIpc) is 3.33. The predicted molar refractivity (Wildman–Crippen MR) is 146 cm³/mol. The molecule has 39 heavy (non-hydrogen) atoms. The van der Waals surface area contributed by atoms with E-state index in [0.717, 1.165) is 31.2 Å². The van der Waals surface area contributed by atoms with Gasteiger partial charge < -0.3 is 34.6 Å². The number of nitrogens with zero attached hydrogens (tertiary/aromatic N) is 2. The second kappa shape index (κ2) is 12.3. The van der Waals surface area contributed by atoms with Crippen LogP contribution in [0.5, 0.6) is 11.5 Å². The standard InChI is InChI=1S/C28H37N5O6/c1-28(2,3)39-27(35)33-18-8-6-17(7-9-18)32-26(34)21-15-29-25-23(30-16-31-24(21)25)20-11-10-19(37-5)14-22(20)38-13-12-36-4/h10-11,14-18,29H,6-9,12-13H2,1-5H3,(H,32,34)(H,33,35)/t17-,18+. The molecule has 0 spiro atoms. The quantitative estimate of drug-likeness (QED) is 0.344. The molecule has 1 fully saturated rings. The van der Waals surface area contributed by atoms with E-state index in [1.807, 2.05) is 32.9 Å². The van der Waals surface area contributed by atoms with Crippen LogP contribution in [-0.2, 0) is 9.47 Å². The summed E-state index contributed by atoms with van der Waals surface area (Å²) in [6, 6.07) is 5.53. The molecule has 2 heterocycles. The highest BCUT2D eigenvalue weighted by Gasteiger charge is 2.27. The molecule has 11 nitrogen and oxygen atoms in total. The molecule has 1 saturated carbocycles. The van der Waals surface area contributed by atoms with Crippen molar-refractivity contribution in [3.05, 3.63) is 36.3 Å². The third kappa shape index (κ3) is 7.17. The van der Waals surface area contributed by atoms with Crippen molar-refractivity contribution in [1.29, 1.82) is 0 Å². The number of aromatic amines is 1. The Morgan fingerprint density at radius 1 is 1.03 bits per heavy atom. The molecule has 1 aliphatic rings. The Hall–Kier alpha value is -3.86. The zero-order valence-corrected chi connectivity index (χ0v) is 23.1. The minimum absolute atomic E-state index is 0.00261. The lowest BCUT2D eigenvalue weighted by Crippen LogP contribution is -2.45. The molecule has 0 saturated heterocycles. The second-order valence-electron chi connectivity index (χ2n) is 10.5.